The van der Waals surface area contributed by atoms with Crippen LogP contribution in [0.3, 0.4) is 0 Å². The minimum Gasteiger partial charge on any atom is -0.353 e. The fourth-order valence-electron chi connectivity index (χ4n) is 6.37. The first-order valence-corrected chi connectivity index (χ1v) is 14.7. The number of hydrogen-bond acceptors (Lipinski definition) is 5. The largest absolute Gasteiger partial charge is 0.353 e. The summed E-state index contributed by atoms with van der Waals surface area (Å²) in [7, 11) is 2.12. The van der Waals surface area contributed by atoms with Crippen molar-refractivity contribution in [3.05, 3.63) is 0 Å². The predicted molar refractivity (Wildman–Crippen MR) is 136 cm³/mol. The van der Waals surface area contributed by atoms with Crippen molar-refractivity contribution in [1.29, 1.82) is 0 Å². The minimum atomic E-state index is -0.103. The van der Waals surface area contributed by atoms with Crippen LogP contribution in [0.5, 0.6) is 0 Å². The third kappa shape index (κ3) is 6.02. The van der Waals surface area contributed by atoms with Crippen molar-refractivity contribution in [3.63, 3.8) is 0 Å². The summed E-state index contributed by atoms with van der Waals surface area (Å²) < 4.78 is 0. The quantitative estimate of drug-likeness (QED) is 0.449. The van der Waals surface area contributed by atoms with Crippen molar-refractivity contribution in [1.82, 2.24) is 20.4 Å². The molecule has 2 aliphatic carbocycles. The molecule has 33 heavy (non-hydrogen) atoms. The number of fused-ring (bicyclic) bond motifs is 1. The van der Waals surface area contributed by atoms with Crippen LogP contribution in [0.1, 0.15) is 78.1 Å². The van der Waals surface area contributed by atoms with E-state index in [-0.39, 0.29) is 40.8 Å². The van der Waals surface area contributed by atoms with Crippen LogP contribution >= 0.6 is 23.4 Å². The van der Waals surface area contributed by atoms with Gasteiger partial charge in [-0.1, -0.05) is 39.5 Å². The third-order valence-electron chi connectivity index (χ3n) is 8.13. The van der Waals surface area contributed by atoms with Crippen LogP contribution in [-0.2, 0) is 9.59 Å². The number of halogens is 1. The Balaban J connectivity index is 1.41. The smallest absolute Gasteiger partial charge is 0.243 e. The van der Waals surface area contributed by atoms with Gasteiger partial charge in [-0.05, 0) is 57.4 Å². The maximum atomic E-state index is 13.7. The molecule has 4 aliphatic rings. The van der Waals surface area contributed by atoms with Gasteiger partial charge >= 0.3 is 0 Å². The van der Waals surface area contributed by atoms with E-state index in [1.54, 1.807) is 11.8 Å². The van der Waals surface area contributed by atoms with Crippen LogP contribution in [0, 0.1) is 11.8 Å². The zero-order valence-electron chi connectivity index (χ0n) is 20.6. The Labute approximate surface area is 209 Å². The van der Waals surface area contributed by atoms with Crippen LogP contribution in [0.4, 0.5) is 0 Å². The minimum absolute atomic E-state index is 0.0665. The average molecular weight is 499 g/mol. The molecular formula is C25H43ClN4O2S. The molecule has 0 aromatic carbocycles. The number of likely N-dealkylation sites (tertiary alicyclic amines) is 1. The second kappa shape index (κ2) is 11.5. The molecule has 4 atom stereocenters. The summed E-state index contributed by atoms with van der Waals surface area (Å²) in [4.78, 5) is 30.8. The summed E-state index contributed by atoms with van der Waals surface area (Å²) in [6, 6.07) is 0.693. The highest BCUT2D eigenvalue weighted by atomic mass is 35.5. The van der Waals surface area contributed by atoms with Gasteiger partial charge in [-0.15, -0.1) is 23.4 Å². The number of rotatable bonds is 10. The van der Waals surface area contributed by atoms with E-state index >= 15 is 0 Å². The zero-order valence-corrected chi connectivity index (χ0v) is 22.2. The number of carbonyl (C=O) groups excluding carboxylic acids is 2. The molecule has 2 saturated carbocycles. The van der Waals surface area contributed by atoms with Crippen LogP contribution in [0.2, 0.25) is 0 Å². The summed E-state index contributed by atoms with van der Waals surface area (Å²) in [5.74, 6) is 1.89. The van der Waals surface area contributed by atoms with Crippen LogP contribution in [0.15, 0.2) is 0 Å². The molecule has 2 amide bonds. The Kier molecular flexibility index (Phi) is 8.91. The number of likely N-dealkylation sites (N-methyl/N-ethyl adjacent to an activating group) is 1. The molecule has 2 heterocycles. The third-order valence-corrected chi connectivity index (χ3v) is 9.67. The van der Waals surface area contributed by atoms with Crippen LogP contribution in [0.25, 0.3) is 0 Å². The van der Waals surface area contributed by atoms with Gasteiger partial charge in [0.25, 0.3) is 0 Å². The molecule has 6 nitrogen and oxygen atoms in total. The van der Waals surface area contributed by atoms with Gasteiger partial charge < -0.3 is 10.2 Å². The number of hydrogen-bond donors (Lipinski definition) is 2. The lowest BCUT2D eigenvalue weighted by Crippen LogP contribution is -2.67. The van der Waals surface area contributed by atoms with Gasteiger partial charge in [-0.3, -0.25) is 19.8 Å². The van der Waals surface area contributed by atoms with Crippen molar-refractivity contribution >= 4 is 35.2 Å². The van der Waals surface area contributed by atoms with E-state index in [0.717, 1.165) is 45.1 Å². The average Bonchev–Trinajstić information content (AvgIpc) is 3.56. The molecule has 2 N–H and O–H groups in total. The van der Waals surface area contributed by atoms with Gasteiger partial charge in [0.2, 0.25) is 11.8 Å². The number of amides is 2. The number of alkyl halides is 1. The fourth-order valence-corrected chi connectivity index (χ4v) is 7.70. The highest BCUT2D eigenvalue weighted by Gasteiger charge is 2.55. The molecule has 0 aromatic heterocycles. The Bertz CT molecular complexity index is 679. The maximum Gasteiger partial charge on any atom is 0.243 e. The maximum absolute atomic E-state index is 13.7. The van der Waals surface area contributed by atoms with E-state index in [0.29, 0.717) is 23.6 Å². The summed E-state index contributed by atoms with van der Waals surface area (Å²) in [5, 5.41) is 7.35. The first-order chi connectivity index (χ1) is 15.9. The van der Waals surface area contributed by atoms with Crippen LogP contribution in [-0.4, -0.2) is 76.0 Å². The van der Waals surface area contributed by atoms with Crippen molar-refractivity contribution in [2.45, 2.75) is 113 Å². The topological polar surface area (TPSA) is 64.7 Å². The SMILES string of the molecule is CCCC(CCC)C1CN(C)C2C(=O)N(C3CC3)C(SCC(=O)NC3CCC(Cl)CC3)NC12. The van der Waals surface area contributed by atoms with E-state index in [1.807, 2.05) is 0 Å². The van der Waals surface area contributed by atoms with Gasteiger partial charge in [0, 0.05) is 30.0 Å². The monoisotopic (exact) mass is 498 g/mol. The molecule has 0 radical (unpaired) electrons. The highest BCUT2D eigenvalue weighted by molar-refractivity contribution is 8.00. The number of thioether (sulfide) groups is 1. The summed E-state index contributed by atoms with van der Waals surface area (Å²) in [5.41, 5.74) is -0.103. The first kappa shape index (κ1) is 25.6. The molecular weight excluding hydrogens is 456 g/mol. The lowest BCUT2D eigenvalue weighted by Gasteiger charge is -2.45. The Morgan fingerprint density at radius 2 is 1.82 bits per heavy atom. The Morgan fingerprint density at radius 1 is 1.15 bits per heavy atom. The molecule has 4 rings (SSSR count). The number of carbonyl (C=O) groups is 2. The van der Waals surface area contributed by atoms with Gasteiger partial charge in [0.1, 0.15) is 11.5 Å². The first-order valence-electron chi connectivity index (χ1n) is 13.3. The van der Waals surface area contributed by atoms with E-state index in [1.165, 1.54) is 25.7 Å². The molecule has 0 spiro atoms. The Hall–Kier alpha value is -0.500. The number of nitrogens with one attached hydrogen (secondary N) is 2. The second-order valence-corrected chi connectivity index (χ2v) is 12.4. The summed E-state index contributed by atoms with van der Waals surface area (Å²) >= 11 is 7.81. The molecule has 8 heteroatoms. The highest BCUT2D eigenvalue weighted by Crippen LogP contribution is 2.41. The van der Waals surface area contributed by atoms with E-state index < -0.39 is 0 Å². The van der Waals surface area contributed by atoms with E-state index in [2.05, 4.69) is 41.3 Å². The van der Waals surface area contributed by atoms with Gasteiger partial charge in [0.05, 0.1) is 5.75 Å². The van der Waals surface area contributed by atoms with E-state index in [4.69, 9.17) is 11.6 Å². The fraction of sp³-hybridized carbons (Fsp3) is 0.920. The molecule has 2 saturated heterocycles. The normalized spacial score (nSPS) is 35.2. The molecule has 0 bridgehead atoms. The lowest BCUT2D eigenvalue weighted by atomic mass is 9.80. The van der Waals surface area contributed by atoms with Crippen LogP contribution < -0.4 is 10.6 Å². The molecule has 188 valence electrons. The van der Waals surface area contributed by atoms with Crippen molar-refractivity contribution in [2.24, 2.45) is 11.8 Å². The second-order valence-electron chi connectivity index (χ2n) is 10.7. The van der Waals surface area contributed by atoms with Gasteiger partial charge in [0.15, 0.2) is 0 Å². The van der Waals surface area contributed by atoms with E-state index in [9.17, 15) is 9.59 Å². The Morgan fingerprint density at radius 3 is 2.42 bits per heavy atom. The predicted octanol–water partition coefficient (Wildman–Crippen LogP) is 3.78. The summed E-state index contributed by atoms with van der Waals surface area (Å²) in [6.07, 6.45) is 10.9. The van der Waals surface area contributed by atoms with Gasteiger partial charge in [-0.2, -0.15) is 0 Å². The number of nitrogens with zero attached hydrogens (tertiary/aromatic N) is 2. The van der Waals surface area contributed by atoms with Gasteiger partial charge in [-0.25, -0.2) is 0 Å². The standard InChI is InChI=1S/C25H43ClN4O2S/c1-4-6-16(7-5-2)20-14-29(3)23-22(20)28-25(30(24(23)32)19-12-13-19)33-15-21(31)27-18-10-8-17(26)9-11-18/h16-20,22-23,25,28H,4-15H2,1-3H3,(H,27,31). The molecule has 4 unspecified atom stereocenters. The molecule has 4 fully saturated rings. The summed E-state index contributed by atoms with van der Waals surface area (Å²) in [6.45, 7) is 5.52. The lowest BCUT2D eigenvalue weighted by molar-refractivity contribution is -0.142. The zero-order chi connectivity index (χ0) is 23.5. The van der Waals surface area contributed by atoms with Crippen molar-refractivity contribution in [2.75, 3.05) is 19.3 Å². The molecule has 0 aromatic rings. The molecule has 2 aliphatic heterocycles. The van der Waals surface area contributed by atoms with Crippen molar-refractivity contribution in [3.8, 4) is 0 Å². The van der Waals surface area contributed by atoms with Crippen molar-refractivity contribution < 1.29 is 9.59 Å².